The van der Waals surface area contributed by atoms with Crippen molar-refractivity contribution in [1.82, 2.24) is 0 Å². The molecule has 1 atom stereocenters. The Bertz CT molecular complexity index is 781. The van der Waals surface area contributed by atoms with Crippen molar-refractivity contribution in [1.29, 1.82) is 0 Å². The molecule has 0 saturated carbocycles. The maximum atomic E-state index is 6.01. The van der Waals surface area contributed by atoms with Gasteiger partial charge in [-0.1, -0.05) is 28.1 Å². The summed E-state index contributed by atoms with van der Waals surface area (Å²) in [6.07, 6.45) is -0.101. The first kappa shape index (κ1) is 11.9. The molecule has 1 aliphatic heterocycles. The number of ether oxygens (including phenoxy) is 1. The number of furan rings is 1. The maximum absolute atomic E-state index is 6.01. The number of benzene rings is 2. The fourth-order valence-electron chi connectivity index (χ4n) is 2.47. The van der Waals surface area contributed by atoms with Gasteiger partial charge < -0.3 is 14.5 Å². The van der Waals surface area contributed by atoms with E-state index in [1.165, 1.54) is 0 Å². The smallest absolute Gasteiger partial charge is 0.173 e. The van der Waals surface area contributed by atoms with Crippen molar-refractivity contribution in [3.05, 3.63) is 58.8 Å². The van der Waals surface area contributed by atoms with Gasteiger partial charge >= 0.3 is 0 Å². The summed E-state index contributed by atoms with van der Waals surface area (Å²) in [6.45, 7) is 0.706. The molecular weight excluding hydrogens is 318 g/mol. The van der Waals surface area contributed by atoms with Gasteiger partial charge in [-0.2, -0.15) is 0 Å². The molecule has 4 rings (SSSR count). The Morgan fingerprint density at radius 1 is 1.10 bits per heavy atom. The zero-order chi connectivity index (χ0) is 13.5. The maximum Gasteiger partial charge on any atom is 0.173 e. The highest BCUT2D eigenvalue weighted by molar-refractivity contribution is 9.10. The zero-order valence-corrected chi connectivity index (χ0v) is 12.2. The van der Waals surface area contributed by atoms with Crippen molar-refractivity contribution in [3.63, 3.8) is 0 Å². The second-order valence-corrected chi connectivity index (χ2v) is 5.73. The summed E-state index contributed by atoms with van der Waals surface area (Å²) >= 11 is 3.47. The van der Waals surface area contributed by atoms with Crippen LogP contribution in [0.25, 0.3) is 11.0 Å². The van der Waals surface area contributed by atoms with Crippen molar-refractivity contribution in [2.45, 2.75) is 6.10 Å². The summed E-state index contributed by atoms with van der Waals surface area (Å²) in [6, 6.07) is 16.0. The molecule has 4 heteroatoms. The molecule has 100 valence electrons. The van der Waals surface area contributed by atoms with Crippen molar-refractivity contribution in [2.24, 2.45) is 0 Å². The topological polar surface area (TPSA) is 34.4 Å². The van der Waals surface area contributed by atoms with Gasteiger partial charge in [0.15, 0.2) is 6.10 Å². The number of hydrogen-bond acceptors (Lipinski definition) is 3. The SMILES string of the molecule is Brc1ccc2oc(C3CNc4ccccc4O3)cc2c1. The van der Waals surface area contributed by atoms with Crippen LogP contribution >= 0.6 is 15.9 Å². The van der Waals surface area contributed by atoms with Crippen LogP contribution in [-0.4, -0.2) is 6.54 Å². The Labute approximate surface area is 124 Å². The van der Waals surface area contributed by atoms with E-state index in [1.54, 1.807) is 0 Å². The number of rotatable bonds is 1. The summed E-state index contributed by atoms with van der Waals surface area (Å²) in [5, 5.41) is 4.45. The highest BCUT2D eigenvalue weighted by atomic mass is 79.9. The highest BCUT2D eigenvalue weighted by Crippen LogP contribution is 2.35. The van der Waals surface area contributed by atoms with E-state index in [9.17, 15) is 0 Å². The molecule has 1 aromatic heterocycles. The summed E-state index contributed by atoms with van der Waals surface area (Å²) in [5.41, 5.74) is 1.91. The molecule has 1 unspecified atom stereocenters. The molecule has 1 N–H and O–H groups in total. The Hall–Kier alpha value is -1.94. The number of hydrogen-bond donors (Lipinski definition) is 1. The predicted molar refractivity (Wildman–Crippen MR) is 82.2 cm³/mol. The van der Waals surface area contributed by atoms with Crippen LogP contribution in [0.4, 0.5) is 5.69 Å². The van der Waals surface area contributed by atoms with Gasteiger partial charge in [-0.25, -0.2) is 0 Å². The van der Waals surface area contributed by atoms with E-state index in [1.807, 2.05) is 48.5 Å². The Morgan fingerprint density at radius 3 is 2.95 bits per heavy atom. The van der Waals surface area contributed by atoms with Gasteiger partial charge in [-0.3, -0.25) is 0 Å². The molecule has 0 saturated heterocycles. The van der Waals surface area contributed by atoms with Crippen LogP contribution in [0.2, 0.25) is 0 Å². The standard InChI is InChI=1S/C16H12BrNO2/c17-11-5-6-13-10(7-11)8-15(19-13)16-9-18-12-3-1-2-4-14(12)20-16/h1-8,16,18H,9H2. The molecular formula is C16H12BrNO2. The van der Waals surface area contributed by atoms with Crippen molar-refractivity contribution >= 4 is 32.6 Å². The van der Waals surface area contributed by atoms with E-state index < -0.39 is 0 Å². The minimum absolute atomic E-state index is 0.101. The third-order valence-corrected chi connectivity index (χ3v) is 3.94. The molecule has 20 heavy (non-hydrogen) atoms. The molecule has 2 aromatic carbocycles. The van der Waals surface area contributed by atoms with Gasteiger partial charge in [-0.05, 0) is 36.4 Å². The van der Waals surface area contributed by atoms with Crippen LogP contribution in [0.5, 0.6) is 5.75 Å². The second-order valence-electron chi connectivity index (χ2n) is 4.81. The lowest BCUT2D eigenvalue weighted by molar-refractivity contribution is 0.183. The predicted octanol–water partition coefficient (Wildman–Crippen LogP) is 4.74. The highest BCUT2D eigenvalue weighted by Gasteiger charge is 2.23. The third kappa shape index (κ3) is 1.96. The minimum atomic E-state index is -0.101. The normalized spacial score (nSPS) is 17.4. The molecule has 1 aliphatic rings. The molecule has 0 aliphatic carbocycles. The monoisotopic (exact) mass is 329 g/mol. The van der Waals surface area contributed by atoms with E-state index in [-0.39, 0.29) is 6.10 Å². The number of halogens is 1. The summed E-state index contributed by atoms with van der Waals surface area (Å²) in [5.74, 6) is 1.71. The first-order chi connectivity index (χ1) is 9.79. The van der Waals surface area contributed by atoms with E-state index in [0.717, 1.165) is 32.6 Å². The van der Waals surface area contributed by atoms with Gasteiger partial charge in [0, 0.05) is 9.86 Å². The van der Waals surface area contributed by atoms with E-state index in [4.69, 9.17) is 9.15 Å². The average molecular weight is 330 g/mol. The molecule has 0 radical (unpaired) electrons. The van der Waals surface area contributed by atoms with Gasteiger partial charge in [0.05, 0.1) is 12.2 Å². The van der Waals surface area contributed by atoms with E-state index in [0.29, 0.717) is 6.54 Å². The zero-order valence-electron chi connectivity index (χ0n) is 10.6. The Morgan fingerprint density at radius 2 is 2.00 bits per heavy atom. The fourth-order valence-corrected chi connectivity index (χ4v) is 2.84. The molecule has 3 nitrogen and oxygen atoms in total. The number of fused-ring (bicyclic) bond motifs is 2. The molecule has 3 aromatic rings. The quantitative estimate of drug-likeness (QED) is 0.700. The summed E-state index contributed by atoms with van der Waals surface area (Å²) < 4.78 is 12.9. The van der Waals surface area contributed by atoms with Crippen LogP contribution in [-0.2, 0) is 0 Å². The second kappa shape index (κ2) is 4.56. The molecule has 0 fully saturated rings. The largest absolute Gasteiger partial charge is 0.478 e. The molecule has 0 amide bonds. The van der Waals surface area contributed by atoms with Gasteiger partial charge in [0.1, 0.15) is 17.1 Å². The van der Waals surface area contributed by atoms with Crippen LogP contribution in [0.3, 0.4) is 0 Å². The summed E-state index contributed by atoms with van der Waals surface area (Å²) in [4.78, 5) is 0. The van der Waals surface area contributed by atoms with Crippen LogP contribution in [0, 0.1) is 0 Å². The van der Waals surface area contributed by atoms with Gasteiger partial charge in [0.2, 0.25) is 0 Å². The third-order valence-electron chi connectivity index (χ3n) is 3.45. The Kier molecular flexibility index (Phi) is 2.70. The minimum Gasteiger partial charge on any atom is -0.478 e. The van der Waals surface area contributed by atoms with Crippen LogP contribution in [0.15, 0.2) is 57.4 Å². The lowest BCUT2D eigenvalue weighted by atomic mass is 10.2. The molecule has 2 heterocycles. The molecule has 0 spiro atoms. The van der Waals surface area contributed by atoms with Crippen molar-refractivity contribution < 1.29 is 9.15 Å². The Balaban J connectivity index is 1.70. The first-order valence-electron chi connectivity index (χ1n) is 6.48. The fraction of sp³-hybridized carbons (Fsp3) is 0.125. The molecule has 0 bridgehead atoms. The van der Waals surface area contributed by atoms with Gasteiger partial charge in [0.25, 0.3) is 0 Å². The lowest BCUT2D eigenvalue weighted by Gasteiger charge is -2.25. The summed E-state index contributed by atoms with van der Waals surface area (Å²) in [7, 11) is 0. The van der Waals surface area contributed by atoms with E-state index in [2.05, 4.69) is 21.2 Å². The number of nitrogens with one attached hydrogen (secondary N) is 1. The van der Waals surface area contributed by atoms with Crippen LogP contribution in [0.1, 0.15) is 11.9 Å². The lowest BCUT2D eigenvalue weighted by Crippen LogP contribution is -2.22. The number of para-hydroxylation sites is 2. The van der Waals surface area contributed by atoms with E-state index >= 15 is 0 Å². The van der Waals surface area contributed by atoms with Crippen molar-refractivity contribution in [2.75, 3.05) is 11.9 Å². The average Bonchev–Trinajstić information content (AvgIpc) is 2.89. The van der Waals surface area contributed by atoms with Crippen LogP contribution < -0.4 is 10.1 Å². The van der Waals surface area contributed by atoms with Gasteiger partial charge in [-0.15, -0.1) is 0 Å². The van der Waals surface area contributed by atoms with Crippen molar-refractivity contribution in [3.8, 4) is 5.75 Å². The number of anilines is 1. The first-order valence-corrected chi connectivity index (χ1v) is 7.27.